The fourth-order valence-electron chi connectivity index (χ4n) is 3.28. The molecule has 1 amide bonds. The predicted molar refractivity (Wildman–Crippen MR) is 86.1 cm³/mol. The zero-order valence-electron chi connectivity index (χ0n) is 13.6. The quantitative estimate of drug-likeness (QED) is 0.883. The van der Waals surface area contributed by atoms with Crippen LogP contribution in [0.1, 0.15) is 43.6 Å². The molecule has 2 unspecified atom stereocenters. The summed E-state index contributed by atoms with van der Waals surface area (Å²) in [4.78, 5) is 14.9. The van der Waals surface area contributed by atoms with Crippen LogP contribution in [0.5, 0.6) is 0 Å². The van der Waals surface area contributed by atoms with Gasteiger partial charge in [0.25, 0.3) is 0 Å². The number of carbonyl (C=O) groups is 1. The van der Waals surface area contributed by atoms with Crippen LogP contribution in [0, 0.1) is 6.92 Å². The van der Waals surface area contributed by atoms with E-state index >= 15 is 0 Å². The third-order valence-corrected chi connectivity index (χ3v) is 4.42. The highest BCUT2D eigenvalue weighted by Crippen LogP contribution is 2.27. The van der Waals surface area contributed by atoms with Gasteiger partial charge in [-0.2, -0.15) is 5.10 Å². The van der Waals surface area contributed by atoms with Gasteiger partial charge in [0.15, 0.2) is 5.82 Å². The van der Waals surface area contributed by atoms with Gasteiger partial charge in [-0.3, -0.25) is 14.8 Å². The Morgan fingerprint density at radius 2 is 2.48 bits per heavy atom. The van der Waals surface area contributed by atoms with Crippen molar-refractivity contribution in [2.24, 2.45) is 0 Å². The lowest BCUT2D eigenvalue weighted by atomic mass is 9.93. The number of hydrogen-bond acceptors (Lipinski definition) is 5. The molecular formula is C16H23N5O2. The van der Waals surface area contributed by atoms with E-state index in [0.717, 1.165) is 38.0 Å². The van der Waals surface area contributed by atoms with Crippen LogP contribution in [0.25, 0.3) is 0 Å². The first-order valence-corrected chi connectivity index (χ1v) is 8.15. The Morgan fingerprint density at radius 1 is 1.61 bits per heavy atom. The molecule has 23 heavy (non-hydrogen) atoms. The van der Waals surface area contributed by atoms with Gasteiger partial charge in [0.1, 0.15) is 5.76 Å². The molecule has 2 aromatic rings. The first-order chi connectivity index (χ1) is 11.2. The molecule has 0 aliphatic carbocycles. The molecule has 1 aliphatic heterocycles. The van der Waals surface area contributed by atoms with Crippen molar-refractivity contribution >= 4 is 11.7 Å². The standard InChI is InChI=1S/C16H23N5O2/c1-3-14(16(22)18-15-9-11(2)23-20-15)21-8-4-5-12(10-21)13-6-7-17-19-13/h6-7,9,12,14H,3-5,8,10H2,1-2H3,(H,17,19)(H,18,20,22). The second kappa shape index (κ2) is 6.95. The van der Waals surface area contributed by atoms with E-state index in [2.05, 4.69) is 25.6 Å². The molecule has 1 aliphatic rings. The lowest BCUT2D eigenvalue weighted by Crippen LogP contribution is -2.48. The minimum Gasteiger partial charge on any atom is -0.360 e. The molecule has 2 atom stereocenters. The number of aromatic nitrogens is 3. The third-order valence-electron chi connectivity index (χ3n) is 4.42. The summed E-state index contributed by atoms with van der Waals surface area (Å²) in [6.07, 6.45) is 4.75. The summed E-state index contributed by atoms with van der Waals surface area (Å²) < 4.78 is 5.00. The van der Waals surface area contributed by atoms with E-state index in [0.29, 0.717) is 17.5 Å². The number of aromatic amines is 1. The number of H-pyrrole nitrogens is 1. The minimum absolute atomic E-state index is 0.0222. The Labute approximate surface area is 135 Å². The number of anilines is 1. The molecule has 7 nitrogen and oxygen atoms in total. The summed E-state index contributed by atoms with van der Waals surface area (Å²) in [7, 11) is 0. The third kappa shape index (κ3) is 3.61. The lowest BCUT2D eigenvalue weighted by Gasteiger charge is -2.36. The van der Waals surface area contributed by atoms with Crippen molar-refractivity contribution in [1.82, 2.24) is 20.3 Å². The normalized spacial score (nSPS) is 20.3. The Kier molecular flexibility index (Phi) is 4.76. The average Bonchev–Trinajstić information content (AvgIpc) is 3.20. The molecule has 3 rings (SSSR count). The fourth-order valence-corrected chi connectivity index (χ4v) is 3.28. The van der Waals surface area contributed by atoms with E-state index in [1.807, 2.05) is 13.0 Å². The van der Waals surface area contributed by atoms with Gasteiger partial charge in [0.2, 0.25) is 5.91 Å². The summed E-state index contributed by atoms with van der Waals surface area (Å²) in [5.41, 5.74) is 1.15. The summed E-state index contributed by atoms with van der Waals surface area (Å²) in [5.74, 6) is 1.55. The van der Waals surface area contributed by atoms with Crippen molar-refractivity contribution < 1.29 is 9.32 Å². The van der Waals surface area contributed by atoms with Gasteiger partial charge >= 0.3 is 0 Å². The maximum absolute atomic E-state index is 12.6. The molecule has 0 bridgehead atoms. The van der Waals surface area contributed by atoms with Crippen molar-refractivity contribution in [3.8, 4) is 0 Å². The Balaban J connectivity index is 1.66. The van der Waals surface area contributed by atoms with Crippen LogP contribution >= 0.6 is 0 Å². The van der Waals surface area contributed by atoms with Crippen LogP contribution in [-0.2, 0) is 4.79 Å². The Hall–Kier alpha value is -2.15. The number of nitrogens with one attached hydrogen (secondary N) is 2. The second-order valence-corrected chi connectivity index (χ2v) is 6.08. The molecule has 3 heterocycles. The summed E-state index contributed by atoms with van der Waals surface area (Å²) >= 11 is 0. The zero-order valence-corrected chi connectivity index (χ0v) is 13.6. The molecule has 0 saturated carbocycles. The molecule has 2 N–H and O–H groups in total. The van der Waals surface area contributed by atoms with Gasteiger partial charge < -0.3 is 9.84 Å². The predicted octanol–water partition coefficient (Wildman–Crippen LogP) is 2.30. The van der Waals surface area contributed by atoms with E-state index in [9.17, 15) is 4.79 Å². The second-order valence-electron chi connectivity index (χ2n) is 6.08. The number of piperidine rings is 1. The summed E-state index contributed by atoms with van der Waals surface area (Å²) in [5, 5.41) is 13.8. The van der Waals surface area contributed by atoms with Gasteiger partial charge in [-0.15, -0.1) is 0 Å². The number of carbonyl (C=O) groups excluding carboxylic acids is 1. The number of rotatable bonds is 5. The van der Waals surface area contributed by atoms with E-state index < -0.39 is 0 Å². The number of amides is 1. The molecule has 0 radical (unpaired) electrons. The number of aryl methyl sites for hydroxylation is 1. The Bertz CT molecular complexity index is 637. The van der Waals surface area contributed by atoms with Crippen LogP contribution in [0.4, 0.5) is 5.82 Å². The molecule has 124 valence electrons. The first-order valence-electron chi connectivity index (χ1n) is 8.15. The van der Waals surface area contributed by atoms with E-state index in [4.69, 9.17) is 4.52 Å². The topological polar surface area (TPSA) is 87.1 Å². The molecule has 1 fully saturated rings. The molecule has 7 heteroatoms. The van der Waals surface area contributed by atoms with Gasteiger partial charge in [0, 0.05) is 30.4 Å². The molecule has 2 aromatic heterocycles. The van der Waals surface area contributed by atoms with Gasteiger partial charge in [-0.1, -0.05) is 12.1 Å². The van der Waals surface area contributed by atoms with Crippen molar-refractivity contribution in [3.05, 3.63) is 29.8 Å². The zero-order chi connectivity index (χ0) is 16.2. The van der Waals surface area contributed by atoms with Crippen LogP contribution in [0.2, 0.25) is 0 Å². The Morgan fingerprint density at radius 3 is 3.13 bits per heavy atom. The highest BCUT2D eigenvalue weighted by molar-refractivity contribution is 5.94. The van der Waals surface area contributed by atoms with Crippen molar-refractivity contribution in [2.45, 2.75) is 45.1 Å². The maximum Gasteiger partial charge on any atom is 0.242 e. The summed E-state index contributed by atoms with van der Waals surface area (Å²) in [6, 6.07) is 3.60. The molecule has 1 saturated heterocycles. The van der Waals surface area contributed by atoms with Crippen LogP contribution in [-0.4, -0.2) is 45.3 Å². The SMILES string of the molecule is CCC(C(=O)Nc1cc(C)on1)N1CCCC(c2ccn[nH]2)C1. The maximum atomic E-state index is 12.6. The van der Waals surface area contributed by atoms with Gasteiger partial charge in [-0.05, 0) is 38.8 Å². The van der Waals surface area contributed by atoms with E-state index in [1.54, 1.807) is 19.2 Å². The van der Waals surface area contributed by atoms with E-state index in [-0.39, 0.29) is 11.9 Å². The average molecular weight is 317 g/mol. The van der Waals surface area contributed by atoms with Crippen LogP contribution < -0.4 is 5.32 Å². The van der Waals surface area contributed by atoms with Crippen molar-refractivity contribution in [1.29, 1.82) is 0 Å². The van der Waals surface area contributed by atoms with Crippen LogP contribution in [0.15, 0.2) is 22.9 Å². The van der Waals surface area contributed by atoms with Crippen molar-refractivity contribution in [3.63, 3.8) is 0 Å². The molecular weight excluding hydrogens is 294 g/mol. The smallest absolute Gasteiger partial charge is 0.242 e. The highest BCUT2D eigenvalue weighted by Gasteiger charge is 2.30. The fraction of sp³-hybridized carbons (Fsp3) is 0.562. The summed E-state index contributed by atoms with van der Waals surface area (Å²) in [6.45, 7) is 5.65. The molecule has 0 aromatic carbocycles. The lowest BCUT2D eigenvalue weighted by molar-refractivity contribution is -0.122. The number of hydrogen-bond donors (Lipinski definition) is 2. The largest absolute Gasteiger partial charge is 0.360 e. The first kappa shape index (κ1) is 15.7. The van der Waals surface area contributed by atoms with E-state index in [1.165, 1.54) is 0 Å². The van der Waals surface area contributed by atoms with Crippen LogP contribution in [0.3, 0.4) is 0 Å². The van der Waals surface area contributed by atoms with Gasteiger partial charge in [-0.25, -0.2) is 0 Å². The monoisotopic (exact) mass is 317 g/mol. The van der Waals surface area contributed by atoms with Gasteiger partial charge in [0.05, 0.1) is 6.04 Å². The minimum atomic E-state index is -0.155. The highest BCUT2D eigenvalue weighted by atomic mass is 16.5. The number of likely N-dealkylation sites (tertiary alicyclic amines) is 1. The number of nitrogens with zero attached hydrogens (tertiary/aromatic N) is 3. The molecule has 0 spiro atoms. The van der Waals surface area contributed by atoms with Crippen molar-refractivity contribution in [2.75, 3.05) is 18.4 Å².